The molecule has 3 aromatic carbocycles. The fourth-order valence-corrected chi connectivity index (χ4v) is 11.0. The molecule has 0 spiro atoms. The van der Waals surface area contributed by atoms with Crippen LogP contribution < -0.4 is 20.3 Å². The Morgan fingerprint density at radius 1 is 0.845 bits per heavy atom. The number of hydrogen-bond acceptors (Lipinski definition) is 9. The lowest BCUT2D eigenvalue weighted by molar-refractivity contribution is -0.164. The lowest BCUT2D eigenvalue weighted by Crippen LogP contribution is -2.74. The van der Waals surface area contributed by atoms with Gasteiger partial charge in [0.15, 0.2) is 11.6 Å². The number of piperazine rings is 1. The number of piperidine rings is 1. The molecule has 0 radical (unpaired) electrons. The number of ether oxygens (including phenoxy) is 1. The van der Waals surface area contributed by atoms with Gasteiger partial charge in [-0.2, -0.15) is 5.26 Å². The predicted molar refractivity (Wildman–Crippen MR) is 219 cm³/mol. The minimum absolute atomic E-state index is 0.100. The van der Waals surface area contributed by atoms with E-state index in [2.05, 4.69) is 66.3 Å². The lowest BCUT2D eigenvalue weighted by atomic mass is 9.49. The molecule has 2 heterocycles. The summed E-state index contributed by atoms with van der Waals surface area (Å²) in [5, 5.41) is 15.2. The maximum absolute atomic E-state index is 13.5. The van der Waals surface area contributed by atoms with Crippen LogP contribution in [0, 0.1) is 34.0 Å². The summed E-state index contributed by atoms with van der Waals surface area (Å²) in [5.74, 6) is -2.46. The highest BCUT2D eigenvalue weighted by Crippen LogP contribution is 2.55. The molecule has 12 heteroatoms. The number of rotatable bonds is 8. The fourth-order valence-electron chi connectivity index (χ4n) is 10.8. The maximum atomic E-state index is 13.5. The van der Waals surface area contributed by atoms with Gasteiger partial charge in [-0.3, -0.25) is 34.2 Å². The van der Waals surface area contributed by atoms with Gasteiger partial charge in [0.05, 0.1) is 22.4 Å². The summed E-state index contributed by atoms with van der Waals surface area (Å²) in [6.07, 6.45) is 4.54. The van der Waals surface area contributed by atoms with Crippen LogP contribution in [0.15, 0.2) is 60.7 Å². The molecule has 3 aliphatic carbocycles. The number of halogens is 1. The molecule has 302 valence electrons. The molecule has 2 N–H and O–H groups in total. The number of hydrogen-bond donors (Lipinski definition) is 2. The van der Waals surface area contributed by atoms with Gasteiger partial charge >= 0.3 is 0 Å². The van der Waals surface area contributed by atoms with Gasteiger partial charge in [-0.15, -0.1) is 0 Å². The Bertz CT molecular complexity index is 2200. The zero-order valence-electron chi connectivity index (χ0n) is 33.5. The van der Waals surface area contributed by atoms with Gasteiger partial charge in [-0.1, -0.05) is 51.4 Å². The van der Waals surface area contributed by atoms with Crippen molar-refractivity contribution in [2.45, 2.75) is 90.3 Å². The molecule has 2 unspecified atom stereocenters. The van der Waals surface area contributed by atoms with Crippen molar-refractivity contribution in [2.75, 3.05) is 31.1 Å². The monoisotopic (exact) mass is 803 g/mol. The number of benzene rings is 3. The van der Waals surface area contributed by atoms with Crippen LogP contribution >= 0.6 is 11.6 Å². The first kappa shape index (κ1) is 39.8. The van der Waals surface area contributed by atoms with E-state index in [-0.39, 0.29) is 59.2 Å². The van der Waals surface area contributed by atoms with Crippen molar-refractivity contribution in [3.63, 3.8) is 0 Å². The fraction of sp³-hybridized carbons (Fsp3) is 0.478. The van der Waals surface area contributed by atoms with E-state index in [0.717, 1.165) is 57.5 Å². The summed E-state index contributed by atoms with van der Waals surface area (Å²) in [7, 11) is 0. The van der Waals surface area contributed by atoms with E-state index in [9.17, 15) is 29.2 Å². The molecule has 58 heavy (non-hydrogen) atoms. The van der Waals surface area contributed by atoms with E-state index in [1.807, 2.05) is 24.3 Å². The number of nitrogens with one attached hydrogen (secondary N) is 2. The number of Topliss-reactive ketones (excluding diaryl/α,β-unsaturated/α-hetero) is 2. The first-order chi connectivity index (χ1) is 27.7. The lowest BCUT2D eigenvalue weighted by Gasteiger charge is -2.63. The van der Waals surface area contributed by atoms with Crippen LogP contribution in [0.25, 0.3) is 0 Å². The van der Waals surface area contributed by atoms with E-state index in [1.165, 1.54) is 5.56 Å². The van der Waals surface area contributed by atoms with E-state index in [4.69, 9.17) is 16.3 Å². The summed E-state index contributed by atoms with van der Waals surface area (Å²) >= 11 is 6.26. The van der Waals surface area contributed by atoms with E-state index in [0.29, 0.717) is 45.0 Å². The molecule has 2 aliphatic heterocycles. The minimum Gasteiger partial charge on any atom is -0.489 e. The maximum Gasteiger partial charge on any atom is 0.251 e. The van der Waals surface area contributed by atoms with Gasteiger partial charge in [0.1, 0.15) is 17.9 Å². The highest BCUT2D eigenvalue weighted by atomic mass is 35.5. The molecule has 3 amide bonds. The summed E-state index contributed by atoms with van der Waals surface area (Å²) in [6, 6.07) is 21.1. The van der Waals surface area contributed by atoms with Crippen molar-refractivity contribution in [2.24, 2.45) is 22.7 Å². The highest BCUT2D eigenvalue weighted by molar-refractivity contribution is 6.32. The summed E-state index contributed by atoms with van der Waals surface area (Å²) < 4.78 is 6.39. The molecular weight excluding hydrogens is 754 g/mol. The van der Waals surface area contributed by atoms with Gasteiger partial charge in [0.2, 0.25) is 11.8 Å². The Labute approximate surface area is 344 Å². The van der Waals surface area contributed by atoms with Crippen LogP contribution in [0.2, 0.25) is 5.02 Å². The number of fused-ring (bicyclic) bond motifs is 1. The topological polar surface area (TPSA) is 149 Å². The summed E-state index contributed by atoms with van der Waals surface area (Å²) in [4.78, 5) is 69.2. The Balaban J connectivity index is 0.811. The first-order valence-electron chi connectivity index (χ1n) is 20.5. The molecule has 5 aliphatic rings. The number of carbonyl (C=O) groups is 5. The molecular formula is C46H50ClN5O6. The zero-order valence-corrected chi connectivity index (χ0v) is 34.2. The third-order valence-electron chi connectivity index (χ3n) is 13.7. The predicted octanol–water partition coefficient (Wildman–Crippen LogP) is 6.72. The number of nitriles is 1. The Morgan fingerprint density at radius 3 is 2.16 bits per heavy atom. The SMILES string of the molecule is CC1(C)[C@H](NC(=O)c2ccc(C3CCC(N4CCN(c5ccc6c(c5)C(=O)C(C5CCC(=O)NC5=O)C6=O)CC4)CC3)cc2)C(C)(C)[C@H]1Oc1ccc(C#N)c(Cl)c1. The second kappa shape index (κ2) is 15.3. The van der Waals surface area contributed by atoms with Crippen molar-refractivity contribution in [3.8, 4) is 11.8 Å². The van der Waals surface area contributed by atoms with Crippen LogP contribution in [0.1, 0.15) is 114 Å². The summed E-state index contributed by atoms with van der Waals surface area (Å²) in [5.41, 5.74) is 3.27. The van der Waals surface area contributed by atoms with Crippen LogP contribution in [0.4, 0.5) is 5.69 Å². The molecule has 2 saturated carbocycles. The van der Waals surface area contributed by atoms with Crippen molar-refractivity contribution >= 4 is 46.6 Å². The van der Waals surface area contributed by atoms with Gasteiger partial charge in [0.25, 0.3) is 5.91 Å². The number of anilines is 1. The van der Waals surface area contributed by atoms with Crippen molar-refractivity contribution in [1.29, 1.82) is 5.26 Å². The number of ketones is 2. The van der Waals surface area contributed by atoms with Gasteiger partial charge < -0.3 is 15.0 Å². The van der Waals surface area contributed by atoms with E-state index >= 15 is 0 Å². The summed E-state index contributed by atoms with van der Waals surface area (Å²) in [6.45, 7) is 11.8. The first-order valence-corrected chi connectivity index (χ1v) is 20.9. The number of imide groups is 1. The molecule has 3 aromatic rings. The average Bonchev–Trinajstić information content (AvgIpc) is 3.46. The van der Waals surface area contributed by atoms with Crippen LogP contribution in [-0.2, 0) is 9.59 Å². The second-order valence-electron chi connectivity index (χ2n) is 17.9. The number of carbonyl (C=O) groups excluding carboxylic acids is 5. The molecule has 2 atom stereocenters. The van der Waals surface area contributed by atoms with Gasteiger partial charge in [-0.05, 0) is 86.1 Å². The van der Waals surface area contributed by atoms with Crippen LogP contribution in [0.5, 0.6) is 5.75 Å². The standard InChI is InChI=1S/C46H50ClN5O6/c1-45(2)43(46(3,4)44(45)58-32-15-11-29(25-48)36(47)24-32)50-41(56)28-7-5-26(6-8-28)27-9-12-30(13-10-27)51-19-21-52(22-20-51)31-14-16-33-35(23-31)40(55)38(39(33)54)34-17-18-37(53)49-42(34)57/h5-8,11,14-16,23-24,27,30,34,38,43-44H,9-10,12-13,17-22H2,1-4H3,(H,50,56)(H,49,53,57)/t27?,30?,34?,38?,43-,44-. The molecule has 0 bridgehead atoms. The quantitative estimate of drug-likeness (QED) is 0.187. The smallest absolute Gasteiger partial charge is 0.251 e. The molecule has 4 fully saturated rings. The van der Waals surface area contributed by atoms with Crippen molar-refractivity contribution < 1.29 is 28.7 Å². The third-order valence-corrected chi connectivity index (χ3v) is 14.1. The molecule has 2 saturated heterocycles. The molecule has 11 nitrogen and oxygen atoms in total. The normalized spacial score (nSPS) is 27.9. The molecule has 0 aromatic heterocycles. The zero-order chi connectivity index (χ0) is 41.1. The van der Waals surface area contributed by atoms with E-state index < -0.39 is 17.7 Å². The van der Waals surface area contributed by atoms with Crippen LogP contribution in [-0.4, -0.2) is 78.6 Å². The van der Waals surface area contributed by atoms with E-state index in [1.54, 1.807) is 24.3 Å². The highest BCUT2D eigenvalue weighted by Gasteiger charge is 2.64. The number of amides is 3. The van der Waals surface area contributed by atoms with Crippen molar-refractivity contribution in [3.05, 3.63) is 93.5 Å². The largest absolute Gasteiger partial charge is 0.489 e. The van der Waals surface area contributed by atoms with Gasteiger partial charge in [0, 0.05) is 84.0 Å². The minimum atomic E-state index is -1.06. The van der Waals surface area contributed by atoms with Crippen molar-refractivity contribution in [1.82, 2.24) is 15.5 Å². The Kier molecular flexibility index (Phi) is 10.5. The van der Waals surface area contributed by atoms with Crippen LogP contribution in [0.3, 0.4) is 0 Å². The molecule has 8 rings (SSSR count). The average molecular weight is 804 g/mol. The third kappa shape index (κ3) is 7.08. The Morgan fingerprint density at radius 2 is 1.52 bits per heavy atom. The Hall–Kier alpha value is -5.05. The van der Waals surface area contributed by atoms with Gasteiger partial charge in [-0.25, -0.2) is 0 Å². The second-order valence-corrected chi connectivity index (χ2v) is 18.4. The number of nitrogens with zero attached hydrogens (tertiary/aromatic N) is 3.